The average molecular weight is 463 g/mol. The Bertz CT molecular complexity index is 599. The Morgan fingerprint density at radius 1 is 1.10 bits per heavy atom. The van der Waals surface area contributed by atoms with E-state index >= 15 is 0 Å². The molecule has 0 aromatic rings. The minimum absolute atomic E-state index is 0.0752. The lowest BCUT2D eigenvalue weighted by atomic mass is 10.0. The van der Waals surface area contributed by atoms with Gasteiger partial charge < -0.3 is 26.4 Å². The predicted octanol–water partition coefficient (Wildman–Crippen LogP) is 0.00640. The number of carboxylic acids is 1. The van der Waals surface area contributed by atoms with Crippen molar-refractivity contribution in [3.05, 3.63) is 0 Å². The number of aliphatic carboxylic acids is 1. The molecular weight excluding hydrogens is 428 g/mol. The molecule has 4 atom stereocenters. The van der Waals surface area contributed by atoms with Gasteiger partial charge in [-0.05, 0) is 50.2 Å². The van der Waals surface area contributed by atoms with Gasteiger partial charge in [0, 0.05) is 5.75 Å². The van der Waals surface area contributed by atoms with Crippen LogP contribution in [-0.2, 0) is 19.2 Å². The summed E-state index contributed by atoms with van der Waals surface area (Å²) < 4.78 is 0. The van der Waals surface area contributed by atoms with Crippen molar-refractivity contribution in [3.63, 3.8) is 0 Å². The summed E-state index contributed by atoms with van der Waals surface area (Å²) in [5, 5.41) is 20.3. The molecule has 1 heterocycles. The smallest absolute Gasteiger partial charge is 0.326 e. The van der Waals surface area contributed by atoms with Crippen LogP contribution >= 0.6 is 24.4 Å². The van der Waals surface area contributed by atoms with Crippen LogP contribution in [0.2, 0.25) is 0 Å². The first kappa shape index (κ1) is 26.6. The molecule has 1 aliphatic heterocycles. The molecule has 0 aliphatic carbocycles. The Balaban J connectivity index is 2.77. The maximum absolute atomic E-state index is 12.7. The number of hydrogen-bond donors (Lipinski definition) is 6. The van der Waals surface area contributed by atoms with Gasteiger partial charge in [-0.1, -0.05) is 13.8 Å². The van der Waals surface area contributed by atoms with E-state index in [9.17, 15) is 24.3 Å². The van der Waals surface area contributed by atoms with Crippen LogP contribution in [0.25, 0.3) is 0 Å². The van der Waals surface area contributed by atoms with Gasteiger partial charge in [0.15, 0.2) is 0 Å². The van der Waals surface area contributed by atoms with Crippen LogP contribution in [0.1, 0.15) is 39.5 Å². The minimum atomic E-state index is -1.11. The van der Waals surface area contributed by atoms with E-state index in [0.717, 1.165) is 13.0 Å². The van der Waals surface area contributed by atoms with E-state index in [1.54, 1.807) is 0 Å². The molecular formula is C19H34N4O5S2. The van der Waals surface area contributed by atoms with Crippen molar-refractivity contribution >= 4 is 48.1 Å². The second-order valence-corrected chi connectivity index (χ2v) is 9.12. The Kier molecular flexibility index (Phi) is 12.2. The van der Waals surface area contributed by atoms with Crippen molar-refractivity contribution in [1.29, 1.82) is 0 Å². The number of carbonyl (C=O) groups excluding carboxylic acids is 3. The topological polar surface area (TPSA) is 137 Å². The predicted molar refractivity (Wildman–Crippen MR) is 121 cm³/mol. The van der Waals surface area contributed by atoms with E-state index in [0.29, 0.717) is 18.6 Å². The number of nitrogens with one attached hydrogen (secondary N) is 4. The maximum atomic E-state index is 12.7. The SMILES string of the molecule is CSCCC(NC(=O)C(CC(C)C)NC(=O)C(CS)NC(=O)C1CCCN1)C(=O)O. The summed E-state index contributed by atoms with van der Waals surface area (Å²) in [5.41, 5.74) is 0. The fourth-order valence-corrected chi connectivity index (χ4v) is 3.84. The summed E-state index contributed by atoms with van der Waals surface area (Å²) in [6.45, 7) is 4.56. The molecule has 30 heavy (non-hydrogen) atoms. The summed E-state index contributed by atoms with van der Waals surface area (Å²) in [6.07, 6.45) is 4.08. The van der Waals surface area contributed by atoms with E-state index in [1.165, 1.54) is 11.8 Å². The molecule has 0 saturated carbocycles. The highest BCUT2D eigenvalue weighted by Gasteiger charge is 2.31. The first-order valence-electron chi connectivity index (χ1n) is 10.2. The lowest BCUT2D eigenvalue weighted by molar-refractivity contribution is -0.142. The van der Waals surface area contributed by atoms with Crippen molar-refractivity contribution in [2.75, 3.05) is 24.3 Å². The van der Waals surface area contributed by atoms with E-state index in [1.807, 2.05) is 20.1 Å². The summed E-state index contributed by atoms with van der Waals surface area (Å²) in [5.74, 6) is -1.71. The second-order valence-electron chi connectivity index (χ2n) is 7.76. The molecule has 1 rings (SSSR count). The number of thiol groups is 1. The van der Waals surface area contributed by atoms with Gasteiger partial charge in [-0.3, -0.25) is 14.4 Å². The van der Waals surface area contributed by atoms with Gasteiger partial charge >= 0.3 is 5.97 Å². The van der Waals surface area contributed by atoms with E-state index in [-0.39, 0.29) is 30.0 Å². The third-order valence-electron chi connectivity index (χ3n) is 4.76. The number of thioether (sulfide) groups is 1. The molecule has 1 aliphatic rings. The van der Waals surface area contributed by atoms with Crippen molar-refractivity contribution in [1.82, 2.24) is 21.3 Å². The van der Waals surface area contributed by atoms with Gasteiger partial charge in [-0.15, -0.1) is 0 Å². The molecule has 9 nitrogen and oxygen atoms in total. The van der Waals surface area contributed by atoms with Crippen LogP contribution in [0, 0.1) is 5.92 Å². The first-order valence-corrected chi connectivity index (χ1v) is 12.2. The standard InChI is InChI=1S/C19H34N4O5S2/c1-11(2)9-14(17(25)21-13(19(27)28)6-8-30-3)22-18(26)15(10-29)23-16(24)12-5-4-7-20-12/h11-15,20,29H,4-10H2,1-3H3,(H,21,25)(H,22,26)(H,23,24)(H,27,28). The maximum Gasteiger partial charge on any atom is 0.326 e. The van der Waals surface area contributed by atoms with E-state index in [4.69, 9.17) is 0 Å². The fraction of sp³-hybridized carbons (Fsp3) is 0.789. The molecule has 0 aromatic carbocycles. The summed E-state index contributed by atoms with van der Waals surface area (Å²) >= 11 is 5.65. The number of rotatable bonds is 13. The molecule has 0 radical (unpaired) electrons. The highest BCUT2D eigenvalue weighted by Crippen LogP contribution is 2.09. The van der Waals surface area contributed by atoms with Gasteiger partial charge in [0.1, 0.15) is 18.1 Å². The molecule has 0 bridgehead atoms. The van der Waals surface area contributed by atoms with Gasteiger partial charge in [0.25, 0.3) is 0 Å². The number of carbonyl (C=O) groups is 4. The van der Waals surface area contributed by atoms with Crippen molar-refractivity contribution in [2.24, 2.45) is 5.92 Å². The summed E-state index contributed by atoms with van der Waals surface area (Å²) in [6, 6.07) is -3.15. The molecule has 4 unspecified atom stereocenters. The van der Waals surface area contributed by atoms with Crippen molar-refractivity contribution < 1.29 is 24.3 Å². The molecule has 0 aromatic heterocycles. The normalized spacial score (nSPS) is 19.0. The van der Waals surface area contributed by atoms with Crippen LogP contribution in [0.3, 0.4) is 0 Å². The first-order chi connectivity index (χ1) is 14.2. The van der Waals surface area contributed by atoms with Crippen LogP contribution in [0.15, 0.2) is 0 Å². The Labute approximate surface area is 187 Å². The highest BCUT2D eigenvalue weighted by molar-refractivity contribution is 7.98. The van der Waals surface area contributed by atoms with E-state index in [2.05, 4.69) is 33.9 Å². The average Bonchev–Trinajstić information content (AvgIpc) is 3.22. The van der Waals surface area contributed by atoms with Crippen molar-refractivity contribution in [3.8, 4) is 0 Å². The zero-order valence-corrected chi connectivity index (χ0v) is 19.5. The van der Waals surface area contributed by atoms with Crippen LogP contribution in [0.4, 0.5) is 0 Å². The number of hydrogen-bond acceptors (Lipinski definition) is 7. The van der Waals surface area contributed by atoms with Gasteiger partial charge in [0.2, 0.25) is 17.7 Å². The number of amides is 3. The molecule has 11 heteroatoms. The second kappa shape index (κ2) is 13.8. The molecule has 0 spiro atoms. The molecule has 1 saturated heterocycles. The Morgan fingerprint density at radius 2 is 1.73 bits per heavy atom. The molecule has 3 amide bonds. The Hall–Kier alpha value is -1.46. The summed E-state index contributed by atoms with van der Waals surface area (Å²) in [4.78, 5) is 49.2. The molecule has 5 N–H and O–H groups in total. The van der Waals surface area contributed by atoms with Crippen LogP contribution < -0.4 is 21.3 Å². The lowest BCUT2D eigenvalue weighted by Crippen LogP contribution is -2.57. The quantitative estimate of drug-likeness (QED) is 0.212. The highest BCUT2D eigenvalue weighted by atomic mass is 32.2. The Morgan fingerprint density at radius 3 is 2.23 bits per heavy atom. The zero-order valence-electron chi connectivity index (χ0n) is 17.8. The van der Waals surface area contributed by atoms with Crippen LogP contribution in [0.5, 0.6) is 0 Å². The number of carboxylic acid groups (broad SMARTS) is 1. The molecule has 172 valence electrons. The monoisotopic (exact) mass is 462 g/mol. The van der Waals surface area contributed by atoms with Gasteiger partial charge in [-0.2, -0.15) is 24.4 Å². The van der Waals surface area contributed by atoms with E-state index < -0.39 is 35.9 Å². The molecule has 1 fully saturated rings. The third kappa shape index (κ3) is 9.13. The van der Waals surface area contributed by atoms with Crippen molar-refractivity contribution in [2.45, 2.75) is 63.7 Å². The van der Waals surface area contributed by atoms with Crippen LogP contribution in [-0.4, -0.2) is 77.3 Å². The minimum Gasteiger partial charge on any atom is -0.480 e. The third-order valence-corrected chi connectivity index (χ3v) is 5.77. The lowest BCUT2D eigenvalue weighted by Gasteiger charge is -2.25. The zero-order chi connectivity index (χ0) is 22.7. The largest absolute Gasteiger partial charge is 0.480 e. The fourth-order valence-electron chi connectivity index (χ4n) is 3.12. The van der Waals surface area contributed by atoms with Gasteiger partial charge in [0.05, 0.1) is 6.04 Å². The summed E-state index contributed by atoms with van der Waals surface area (Å²) in [7, 11) is 0. The van der Waals surface area contributed by atoms with Gasteiger partial charge in [-0.25, -0.2) is 4.79 Å².